The number of aliphatic imine (C=N–C) groups is 1. The molecule has 1 atom stereocenters. The maximum atomic E-state index is 10.9. The van der Waals surface area contributed by atoms with Crippen molar-refractivity contribution in [3.63, 3.8) is 0 Å². The summed E-state index contributed by atoms with van der Waals surface area (Å²) in [6, 6.07) is 0. The Kier molecular flexibility index (Phi) is 1.81. The summed E-state index contributed by atoms with van der Waals surface area (Å²) in [6.07, 6.45) is 9.06. The summed E-state index contributed by atoms with van der Waals surface area (Å²) in [5.74, 6) is -0.0270. The normalized spacial score (nSPS) is 26.4. The van der Waals surface area contributed by atoms with E-state index in [2.05, 4.69) is 20.9 Å². The van der Waals surface area contributed by atoms with E-state index >= 15 is 0 Å². The van der Waals surface area contributed by atoms with E-state index < -0.39 is 0 Å². The van der Waals surface area contributed by atoms with Crippen LogP contribution in [0.2, 0.25) is 0 Å². The van der Waals surface area contributed by atoms with Gasteiger partial charge in [-0.2, -0.15) is 0 Å². The average Bonchev–Trinajstić information content (AvgIpc) is 2.04. The van der Waals surface area contributed by atoms with Crippen LogP contribution in [0, 0.1) is 5.92 Å². The van der Waals surface area contributed by atoms with Gasteiger partial charge in [-0.15, -0.1) is 0 Å². The fraction of sp³-hybridized carbons (Fsp3) is 0.111. The van der Waals surface area contributed by atoms with Crippen LogP contribution >= 0.6 is 15.9 Å². The largest absolute Gasteiger partial charge is 0.269 e. The van der Waals surface area contributed by atoms with Crippen LogP contribution in [0.25, 0.3) is 0 Å². The molecule has 1 heterocycles. The van der Waals surface area contributed by atoms with Crippen LogP contribution in [0.1, 0.15) is 0 Å². The summed E-state index contributed by atoms with van der Waals surface area (Å²) in [6.45, 7) is 0. The van der Waals surface area contributed by atoms with Gasteiger partial charge in [0.2, 0.25) is 0 Å². The topological polar surface area (TPSA) is 29.4 Å². The van der Waals surface area contributed by atoms with E-state index in [1.54, 1.807) is 0 Å². The molecule has 3 heteroatoms. The number of rotatable bonds is 0. The Bertz CT molecular complexity index is 350. The fourth-order valence-corrected chi connectivity index (χ4v) is 1.77. The number of allylic oxidation sites excluding steroid dienone is 5. The van der Waals surface area contributed by atoms with E-state index in [1.807, 2.05) is 24.3 Å². The fourth-order valence-electron chi connectivity index (χ4n) is 1.23. The molecule has 0 aromatic heterocycles. The SMILES string of the molecule is O=C1C=CC2C(Br)=CC=CC2=N1. The maximum Gasteiger partial charge on any atom is 0.269 e. The second-order valence-corrected chi connectivity index (χ2v) is 3.54. The zero-order valence-corrected chi connectivity index (χ0v) is 7.78. The van der Waals surface area contributed by atoms with E-state index in [-0.39, 0.29) is 11.8 Å². The van der Waals surface area contributed by atoms with Crippen molar-refractivity contribution in [2.75, 3.05) is 0 Å². The highest BCUT2D eigenvalue weighted by Gasteiger charge is 2.20. The van der Waals surface area contributed by atoms with Crippen molar-refractivity contribution in [2.24, 2.45) is 10.9 Å². The summed E-state index contributed by atoms with van der Waals surface area (Å²) in [7, 11) is 0. The van der Waals surface area contributed by atoms with Crippen molar-refractivity contribution in [2.45, 2.75) is 0 Å². The zero-order valence-electron chi connectivity index (χ0n) is 6.20. The summed E-state index contributed by atoms with van der Waals surface area (Å²) >= 11 is 3.42. The number of nitrogens with zero attached hydrogens (tertiary/aromatic N) is 1. The number of fused-ring (bicyclic) bond motifs is 1. The molecule has 2 rings (SSSR count). The lowest BCUT2D eigenvalue weighted by molar-refractivity contribution is -0.113. The molecular formula is C9H6BrNO. The van der Waals surface area contributed by atoms with Crippen LogP contribution in [-0.2, 0) is 4.79 Å². The third-order valence-electron chi connectivity index (χ3n) is 1.81. The quantitative estimate of drug-likeness (QED) is 0.618. The van der Waals surface area contributed by atoms with Crippen LogP contribution in [0.15, 0.2) is 39.9 Å². The standard InChI is InChI=1S/C9H6BrNO/c10-7-2-1-3-8-6(7)4-5-9(12)11-8/h1-6H. The lowest BCUT2D eigenvalue weighted by atomic mass is 9.96. The lowest BCUT2D eigenvalue weighted by Gasteiger charge is -2.17. The molecule has 1 unspecified atom stereocenters. The molecule has 0 saturated carbocycles. The van der Waals surface area contributed by atoms with Crippen molar-refractivity contribution in [1.29, 1.82) is 0 Å². The number of hydrogen-bond acceptors (Lipinski definition) is 1. The van der Waals surface area contributed by atoms with E-state index in [0.29, 0.717) is 0 Å². The van der Waals surface area contributed by atoms with Crippen LogP contribution in [0.5, 0.6) is 0 Å². The molecule has 0 aromatic carbocycles. The van der Waals surface area contributed by atoms with Crippen LogP contribution in [-0.4, -0.2) is 11.6 Å². The number of amides is 1. The highest BCUT2D eigenvalue weighted by atomic mass is 79.9. The van der Waals surface area contributed by atoms with Gasteiger partial charge in [0.1, 0.15) is 0 Å². The van der Waals surface area contributed by atoms with Crippen LogP contribution in [0.3, 0.4) is 0 Å². The molecule has 2 aliphatic rings. The first kappa shape index (κ1) is 7.68. The molecule has 0 bridgehead atoms. The highest BCUT2D eigenvalue weighted by molar-refractivity contribution is 9.11. The van der Waals surface area contributed by atoms with Gasteiger partial charge >= 0.3 is 0 Å². The molecule has 0 aromatic rings. The van der Waals surface area contributed by atoms with Gasteiger partial charge in [0.15, 0.2) is 0 Å². The Labute approximate surface area is 78.5 Å². The first-order chi connectivity index (χ1) is 5.77. The minimum absolute atomic E-state index is 0.146. The van der Waals surface area contributed by atoms with Crippen molar-refractivity contribution < 1.29 is 4.79 Å². The van der Waals surface area contributed by atoms with E-state index in [9.17, 15) is 4.79 Å². The van der Waals surface area contributed by atoms with Gasteiger partial charge in [-0.25, -0.2) is 4.99 Å². The van der Waals surface area contributed by atoms with Crippen molar-refractivity contribution in [3.8, 4) is 0 Å². The van der Waals surface area contributed by atoms with Crippen LogP contribution < -0.4 is 0 Å². The summed E-state index contributed by atoms with van der Waals surface area (Å²) in [4.78, 5) is 14.8. The van der Waals surface area contributed by atoms with E-state index in [0.717, 1.165) is 10.2 Å². The molecule has 0 radical (unpaired) electrons. The number of halogens is 1. The smallest absolute Gasteiger partial charge is 0.267 e. The summed E-state index contributed by atoms with van der Waals surface area (Å²) in [5, 5.41) is 0. The number of carbonyl (C=O) groups excluding carboxylic acids is 1. The van der Waals surface area contributed by atoms with Gasteiger partial charge in [0.05, 0.1) is 11.6 Å². The first-order valence-electron chi connectivity index (χ1n) is 3.62. The molecule has 1 aliphatic heterocycles. The molecule has 0 spiro atoms. The molecule has 1 aliphatic carbocycles. The average molecular weight is 224 g/mol. The minimum Gasteiger partial charge on any atom is -0.267 e. The van der Waals surface area contributed by atoms with Crippen molar-refractivity contribution in [3.05, 3.63) is 34.9 Å². The second kappa shape index (κ2) is 2.83. The molecule has 60 valence electrons. The van der Waals surface area contributed by atoms with Crippen LogP contribution in [0.4, 0.5) is 0 Å². The van der Waals surface area contributed by atoms with Gasteiger partial charge in [0.25, 0.3) is 5.91 Å². The Morgan fingerprint density at radius 1 is 1.42 bits per heavy atom. The lowest BCUT2D eigenvalue weighted by Crippen LogP contribution is -2.17. The second-order valence-electron chi connectivity index (χ2n) is 2.62. The Morgan fingerprint density at radius 3 is 3.08 bits per heavy atom. The third-order valence-corrected chi connectivity index (χ3v) is 2.57. The first-order valence-corrected chi connectivity index (χ1v) is 4.41. The molecule has 0 saturated heterocycles. The molecule has 0 fully saturated rings. The number of carbonyl (C=O) groups is 1. The summed E-state index contributed by atoms with van der Waals surface area (Å²) < 4.78 is 1.05. The van der Waals surface area contributed by atoms with Gasteiger partial charge in [-0.1, -0.05) is 34.2 Å². The number of dihydropyridines is 1. The highest BCUT2D eigenvalue weighted by Crippen LogP contribution is 2.26. The maximum absolute atomic E-state index is 10.9. The summed E-state index contributed by atoms with van der Waals surface area (Å²) in [5.41, 5.74) is 0.817. The van der Waals surface area contributed by atoms with E-state index in [4.69, 9.17) is 0 Å². The van der Waals surface area contributed by atoms with Gasteiger partial charge < -0.3 is 0 Å². The Hall–Kier alpha value is -0.960. The van der Waals surface area contributed by atoms with Gasteiger partial charge in [0, 0.05) is 10.6 Å². The van der Waals surface area contributed by atoms with Crippen molar-refractivity contribution in [1.82, 2.24) is 0 Å². The minimum atomic E-state index is -0.173. The van der Waals surface area contributed by atoms with E-state index in [1.165, 1.54) is 6.08 Å². The van der Waals surface area contributed by atoms with Gasteiger partial charge in [-0.3, -0.25) is 4.79 Å². The number of hydrogen-bond donors (Lipinski definition) is 0. The predicted octanol–water partition coefficient (Wildman–Crippen LogP) is 1.99. The molecule has 1 amide bonds. The monoisotopic (exact) mass is 223 g/mol. The Balaban J connectivity index is 2.42. The molecule has 0 N–H and O–H groups in total. The predicted molar refractivity (Wildman–Crippen MR) is 51.2 cm³/mol. The molecule has 12 heavy (non-hydrogen) atoms. The third kappa shape index (κ3) is 1.20. The van der Waals surface area contributed by atoms with Crippen molar-refractivity contribution >= 4 is 27.5 Å². The van der Waals surface area contributed by atoms with Gasteiger partial charge in [-0.05, 0) is 6.08 Å². The Morgan fingerprint density at radius 2 is 2.25 bits per heavy atom. The zero-order chi connectivity index (χ0) is 8.55. The molecular weight excluding hydrogens is 218 g/mol. The molecule has 2 nitrogen and oxygen atoms in total.